The maximum atomic E-state index is 5.38. The van der Waals surface area contributed by atoms with Crippen molar-refractivity contribution in [3.63, 3.8) is 0 Å². The van der Waals surface area contributed by atoms with Crippen molar-refractivity contribution in [3.05, 3.63) is 24.4 Å². The molecule has 0 aromatic carbocycles. The number of rotatable bonds is 1. The van der Waals surface area contributed by atoms with Gasteiger partial charge >= 0.3 is 0 Å². The second-order valence-corrected chi connectivity index (χ2v) is 2.27. The van der Waals surface area contributed by atoms with Crippen LogP contribution in [0.15, 0.2) is 29.4 Å². The van der Waals surface area contributed by atoms with E-state index < -0.39 is 0 Å². The van der Waals surface area contributed by atoms with Crippen molar-refractivity contribution < 1.29 is 0 Å². The molecule has 0 amide bonds. The lowest BCUT2D eigenvalue weighted by Gasteiger charge is -2.11. The number of hydrogen-bond donors (Lipinski definition) is 1. The van der Waals surface area contributed by atoms with Gasteiger partial charge in [-0.1, -0.05) is 20.4 Å². The second kappa shape index (κ2) is 6.65. The van der Waals surface area contributed by atoms with Gasteiger partial charge in [0.2, 0.25) is 0 Å². The molecule has 0 fully saturated rings. The Morgan fingerprint density at radius 3 is 2.58 bits per heavy atom. The lowest BCUT2D eigenvalue weighted by atomic mass is 10.0. The minimum absolute atomic E-state index is 0.915. The summed E-state index contributed by atoms with van der Waals surface area (Å²) in [5.74, 6) is 0. The molecule has 0 aliphatic carbocycles. The van der Waals surface area contributed by atoms with Crippen LogP contribution in [0.25, 0.3) is 0 Å². The zero-order valence-corrected chi connectivity index (χ0v) is 8.01. The van der Waals surface area contributed by atoms with Crippen LogP contribution >= 0.6 is 0 Å². The van der Waals surface area contributed by atoms with Gasteiger partial charge in [-0.25, -0.2) is 0 Å². The lowest BCUT2D eigenvalue weighted by Crippen LogP contribution is -2.08. The third kappa shape index (κ3) is 2.91. The molecule has 0 atom stereocenters. The molecule has 0 bridgehead atoms. The van der Waals surface area contributed by atoms with E-state index in [9.17, 15) is 0 Å². The zero-order chi connectivity index (χ0) is 9.40. The van der Waals surface area contributed by atoms with Crippen LogP contribution in [-0.4, -0.2) is 12.3 Å². The second-order valence-electron chi connectivity index (χ2n) is 2.27. The largest absolute Gasteiger partial charge is 0.404 e. The summed E-state index contributed by atoms with van der Waals surface area (Å²) in [4.78, 5) is 4.25. The third-order valence-electron chi connectivity index (χ3n) is 1.61. The Hall–Kier alpha value is -1.05. The van der Waals surface area contributed by atoms with Crippen molar-refractivity contribution in [2.24, 2.45) is 10.7 Å². The number of nitrogens with two attached hydrogens (primary N) is 1. The molecule has 68 valence electrons. The van der Waals surface area contributed by atoms with Crippen molar-refractivity contribution in [2.45, 2.75) is 26.7 Å². The van der Waals surface area contributed by atoms with Gasteiger partial charge in [-0.05, 0) is 30.7 Å². The summed E-state index contributed by atoms with van der Waals surface area (Å²) in [5.41, 5.74) is 7.47. The van der Waals surface area contributed by atoms with Crippen LogP contribution in [0.2, 0.25) is 0 Å². The molecule has 1 aliphatic rings. The summed E-state index contributed by atoms with van der Waals surface area (Å²) in [6.07, 6.45) is 5.54. The Morgan fingerprint density at radius 1 is 1.50 bits per heavy atom. The first-order valence-corrected chi connectivity index (χ1v) is 4.46. The van der Waals surface area contributed by atoms with E-state index in [1.165, 1.54) is 0 Å². The van der Waals surface area contributed by atoms with Gasteiger partial charge in [-0.2, -0.15) is 0 Å². The molecule has 0 spiro atoms. The normalized spacial score (nSPS) is 19.2. The van der Waals surface area contributed by atoms with E-state index in [-0.39, 0.29) is 0 Å². The van der Waals surface area contributed by atoms with Crippen molar-refractivity contribution in [1.82, 2.24) is 0 Å². The minimum atomic E-state index is 0.915. The fraction of sp³-hybridized carbons (Fsp3) is 0.500. The number of aliphatic imine (C=N–C) groups is 1. The van der Waals surface area contributed by atoms with Crippen LogP contribution in [0.5, 0.6) is 0 Å². The van der Waals surface area contributed by atoms with Crippen LogP contribution in [0.4, 0.5) is 0 Å². The van der Waals surface area contributed by atoms with Gasteiger partial charge in [0.25, 0.3) is 0 Å². The van der Waals surface area contributed by atoms with Gasteiger partial charge in [0.05, 0.1) is 5.71 Å². The molecule has 1 rings (SSSR count). The minimum Gasteiger partial charge on any atom is -0.404 e. The van der Waals surface area contributed by atoms with Gasteiger partial charge in [0.1, 0.15) is 0 Å². The highest BCUT2D eigenvalue weighted by Gasteiger charge is 2.06. The van der Waals surface area contributed by atoms with E-state index in [1.807, 2.05) is 13.8 Å². The molecule has 0 aromatic heterocycles. The molecular formula is C10H18N2. The van der Waals surface area contributed by atoms with Gasteiger partial charge in [0.15, 0.2) is 0 Å². The molecule has 0 unspecified atom stereocenters. The maximum Gasteiger partial charge on any atom is 0.0614 e. The third-order valence-corrected chi connectivity index (χ3v) is 1.61. The summed E-state index contributed by atoms with van der Waals surface area (Å²) < 4.78 is 0. The van der Waals surface area contributed by atoms with E-state index >= 15 is 0 Å². The van der Waals surface area contributed by atoms with Crippen molar-refractivity contribution >= 4 is 5.71 Å². The molecule has 2 nitrogen and oxygen atoms in total. The summed E-state index contributed by atoms with van der Waals surface area (Å²) >= 11 is 0. The predicted molar refractivity (Wildman–Crippen MR) is 55.4 cm³/mol. The Balaban J connectivity index is 0.000000561. The van der Waals surface area contributed by atoms with Gasteiger partial charge in [-0.3, -0.25) is 4.99 Å². The number of hydrogen-bond acceptors (Lipinski definition) is 2. The molecule has 2 N–H and O–H groups in total. The molecule has 0 saturated heterocycles. The Kier molecular flexibility index (Phi) is 6.07. The van der Waals surface area contributed by atoms with E-state index in [0.29, 0.717) is 0 Å². The average Bonchev–Trinajstić information content (AvgIpc) is 2.20. The summed E-state index contributed by atoms with van der Waals surface area (Å²) in [7, 11) is 0. The monoisotopic (exact) mass is 166 g/mol. The molecule has 12 heavy (non-hydrogen) atoms. The quantitative estimate of drug-likeness (QED) is 0.637. The van der Waals surface area contributed by atoms with E-state index in [4.69, 9.17) is 5.73 Å². The van der Waals surface area contributed by atoms with E-state index in [1.54, 1.807) is 12.3 Å². The number of nitrogens with zero attached hydrogens (tertiary/aromatic N) is 1. The highest BCUT2D eigenvalue weighted by Crippen LogP contribution is 2.12. The Morgan fingerprint density at radius 2 is 2.17 bits per heavy atom. The topological polar surface area (TPSA) is 38.4 Å². The van der Waals surface area contributed by atoms with Crippen LogP contribution < -0.4 is 5.73 Å². The van der Waals surface area contributed by atoms with Crippen LogP contribution in [0, 0.1) is 0 Å². The standard InChI is InChI=1S/C8H12N2.C2H6/c1-2-8-7(6-9)4-3-5-10-8;1-2/h2,6H,1,3-5,9H2;1-2H3/b7-6-;. The number of allylic oxidation sites excluding steroid dienone is 2. The average molecular weight is 166 g/mol. The fourth-order valence-electron chi connectivity index (χ4n) is 1.06. The van der Waals surface area contributed by atoms with Crippen molar-refractivity contribution in [1.29, 1.82) is 0 Å². The highest BCUT2D eigenvalue weighted by molar-refractivity contribution is 6.08. The van der Waals surface area contributed by atoms with Gasteiger partial charge in [-0.15, -0.1) is 0 Å². The molecule has 0 radical (unpaired) electrons. The summed E-state index contributed by atoms with van der Waals surface area (Å²) in [6.45, 7) is 8.57. The summed E-state index contributed by atoms with van der Waals surface area (Å²) in [5, 5.41) is 0. The Labute approximate surface area is 74.9 Å². The Bertz CT molecular complexity index is 190. The first-order chi connectivity index (χ1) is 5.88. The molecule has 0 aromatic rings. The smallest absolute Gasteiger partial charge is 0.0614 e. The molecule has 1 aliphatic heterocycles. The molecule has 1 heterocycles. The maximum absolute atomic E-state index is 5.38. The van der Waals surface area contributed by atoms with Crippen molar-refractivity contribution in [2.75, 3.05) is 6.54 Å². The predicted octanol–water partition coefficient (Wildman–Crippen LogP) is 2.28. The molecular weight excluding hydrogens is 148 g/mol. The first-order valence-electron chi connectivity index (χ1n) is 4.46. The zero-order valence-electron chi connectivity index (χ0n) is 8.01. The summed E-state index contributed by atoms with van der Waals surface area (Å²) in [6, 6.07) is 0. The molecule has 0 saturated carbocycles. The SMILES string of the molecule is C=CC1=NCCC/C1=C/N.CC. The molecule has 2 heteroatoms. The van der Waals surface area contributed by atoms with Crippen molar-refractivity contribution in [3.8, 4) is 0 Å². The van der Waals surface area contributed by atoms with Crippen LogP contribution in [0.1, 0.15) is 26.7 Å². The highest BCUT2D eigenvalue weighted by atomic mass is 14.7. The van der Waals surface area contributed by atoms with Gasteiger partial charge in [0, 0.05) is 6.54 Å². The van der Waals surface area contributed by atoms with E-state index in [0.717, 1.165) is 30.7 Å². The van der Waals surface area contributed by atoms with Crippen LogP contribution in [0.3, 0.4) is 0 Å². The van der Waals surface area contributed by atoms with Gasteiger partial charge < -0.3 is 5.73 Å². The fourth-order valence-corrected chi connectivity index (χ4v) is 1.06. The first kappa shape index (κ1) is 11.0. The van der Waals surface area contributed by atoms with Crippen LogP contribution in [-0.2, 0) is 0 Å². The lowest BCUT2D eigenvalue weighted by molar-refractivity contribution is 0.815. The van der Waals surface area contributed by atoms with E-state index in [2.05, 4.69) is 11.6 Å².